The summed E-state index contributed by atoms with van der Waals surface area (Å²) in [7, 11) is 3.50. The molecule has 0 bridgehead atoms. The number of hydrogen-bond acceptors (Lipinski definition) is 5. The molecule has 3 aromatic rings. The number of carbonyl (C=O) groups is 3. The number of nitrogens with one attached hydrogen (secondary N) is 2. The summed E-state index contributed by atoms with van der Waals surface area (Å²) in [5, 5.41) is 6.30. The lowest BCUT2D eigenvalue weighted by atomic mass is 9.81. The zero-order chi connectivity index (χ0) is 23.5. The fourth-order valence-corrected chi connectivity index (χ4v) is 4.24. The first-order valence-corrected chi connectivity index (χ1v) is 11.1. The van der Waals surface area contributed by atoms with Crippen LogP contribution in [0.15, 0.2) is 47.1 Å². The van der Waals surface area contributed by atoms with E-state index in [1.165, 1.54) is 0 Å². The number of pyridine rings is 1. The monoisotopic (exact) mass is 448 g/mol. The van der Waals surface area contributed by atoms with Crippen molar-refractivity contribution in [2.24, 2.45) is 11.8 Å². The van der Waals surface area contributed by atoms with E-state index < -0.39 is 5.91 Å². The third kappa shape index (κ3) is 4.89. The van der Waals surface area contributed by atoms with Crippen LogP contribution in [-0.2, 0) is 9.59 Å². The Morgan fingerprint density at radius 1 is 0.970 bits per heavy atom. The van der Waals surface area contributed by atoms with Gasteiger partial charge in [0.1, 0.15) is 11.3 Å². The number of anilines is 2. The first kappa shape index (κ1) is 22.5. The standard InChI is InChI=1S/C25H28N4O4/c1-15-4-10-18(11-5-15)27-24(31)22-21(19-14-26-13-12-20(19)33-22)28-23(30)16-6-8-17(9-7-16)25(32)29(2)3/h4-5,10-14,16-17H,6-9H2,1-3H3,(H,27,31)(H,28,30)/t16-,17-. The zero-order valence-corrected chi connectivity index (χ0v) is 19.1. The molecule has 8 heteroatoms. The van der Waals surface area contributed by atoms with Gasteiger partial charge in [0.25, 0.3) is 5.91 Å². The number of amides is 3. The van der Waals surface area contributed by atoms with Crippen molar-refractivity contribution < 1.29 is 18.8 Å². The Hall–Kier alpha value is -3.68. The van der Waals surface area contributed by atoms with Crippen LogP contribution in [0.5, 0.6) is 0 Å². The number of hydrogen-bond donors (Lipinski definition) is 2. The van der Waals surface area contributed by atoms with Gasteiger partial charge in [-0.3, -0.25) is 19.4 Å². The molecule has 33 heavy (non-hydrogen) atoms. The summed E-state index contributed by atoms with van der Waals surface area (Å²) in [6, 6.07) is 9.08. The SMILES string of the molecule is Cc1ccc(NC(=O)c2oc3ccncc3c2NC(=O)[C@H]2CC[C@H](C(=O)N(C)C)CC2)cc1. The summed E-state index contributed by atoms with van der Waals surface area (Å²) in [6.07, 6.45) is 5.73. The molecule has 0 atom stereocenters. The molecule has 1 aromatic carbocycles. The minimum absolute atomic E-state index is 0.0309. The number of aromatic nitrogens is 1. The Balaban J connectivity index is 1.52. The first-order valence-electron chi connectivity index (χ1n) is 11.1. The van der Waals surface area contributed by atoms with Gasteiger partial charge in [-0.25, -0.2) is 0 Å². The molecule has 4 rings (SSSR count). The maximum Gasteiger partial charge on any atom is 0.293 e. The highest BCUT2D eigenvalue weighted by molar-refractivity contribution is 6.14. The van der Waals surface area contributed by atoms with Crippen molar-refractivity contribution >= 4 is 40.1 Å². The van der Waals surface area contributed by atoms with Gasteiger partial charge < -0.3 is 20.0 Å². The Morgan fingerprint density at radius 3 is 2.30 bits per heavy atom. The Bertz CT molecular complexity index is 1170. The molecule has 0 aliphatic heterocycles. The molecule has 0 unspecified atom stereocenters. The van der Waals surface area contributed by atoms with Crippen LogP contribution in [0.3, 0.4) is 0 Å². The van der Waals surface area contributed by atoms with Crippen LogP contribution in [0.2, 0.25) is 0 Å². The molecule has 1 aliphatic rings. The second-order valence-electron chi connectivity index (χ2n) is 8.77. The molecule has 2 N–H and O–H groups in total. The van der Waals surface area contributed by atoms with E-state index in [1.807, 2.05) is 31.2 Å². The molecule has 0 saturated heterocycles. The summed E-state index contributed by atoms with van der Waals surface area (Å²) < 4.78 is 5.80. The lowest BCUT2D eigenvalue weighted by Crippen LogP contribution is -2.35. The number of fused-ring (bicyclic) bond motifs is 1. The van der Waals surface area contributed by atoms with Gasteiger partial charge in [-0.05, 0) is 50.8 Å². The van der Waals surface area contributed by atoms with Crippen molar-refractivity contribution in [2.45, 2.75) is 32.6 Å². The summed E-state index contributed by atoms with van der Waals surface area (Å²) in [5.74, 6) is -0.767. The molecular formula is C25H28N4O4. The molecule has 172 valence electrons. The van der Waals surface area contributed by atoms with Gasteiger partial charge in [-0.2, -0.15) is 0 Å². The number of furan rings is 1. The lowest BCUT2D eigenvalue weighted by molar-refractivity contribution is -0.135. The van der Waals surface area contributed by atoms with Crippen molar-refractivity contribution in [2.75, 3.05) is 24.7 Å². The van der Waals surface area contributed by atoms with Crippen LogP contribution in [0, 0.1) is 18.8 Å². The minimum atomic E-state index is -0.453. The number of benzene rings is 1. The van der Waals surface area contributed by atoms with E-state index in [4.69, 9.17) is 4.42 Å². The van der Waals surface area contributed by atoms with Crippen LogP contribution in [0.25, 0.3) is 11.0 Å². The summed E-state index contributed by atoms with van der Waals surface area (Å²) in [6.45, 7) is 1.97. The quantitative estimate of drug-likeness (QED) is 0.608. The third-order valence-electron chi connectivity index (χ3n) is 6.14. The summed E-state index contributed by atoms with van der Waals surface area (Å²) in [4.78, 5) is 44.1. The van der Waals surface area contributed by atoms with E-state index in [9.17, 15) is 14.4 Å². The minimum Gasteiger partial charge on any atom is -0.448 e. The van der Waals surface area contributed by atoms with Gasteiger partial charge in [0.05, 0.1) is 5.39 Å². The number of nitrogens with zero attached hydrogens (tertiary/aromatic N) is 2. The van der Waals surface area contributed by atoms with Crippen molar-refractivity contribution in [1.82, 2.24) is 9.88 Å². The first-order chi connectivity index (χ1) is 15.8. The molecule has 0 spiro atoms. The Morgan fingerprint density at radius 2 is 1.64 bits per heavy atom. The summed E-state index contributed by atoms with van der Waals surface area (Å²) in [5.41, 5.74) is 2.50. The lowest BCUT2D eigenvalue weighted by Gasteiger charge is -2.28. The maximum absolute atomic E-state index is 13.1. The normalized spacial score (nSPS) is 18.0. The predicted molar refractivity (Wildman–Crippen MR) is 126 cm³/mol. The third-order valence-corrected chi connectivity index (χ3v) is 6.14. The van der Waals surface area contributed by atoms with E-state index in [1.54, 1.807) is 37.5 Å². The summed E-state index contributed by atoms with van der Waals surface area (Å²) >= 11 is 0. The van der Waals surface area contributed by atoms with Crippen molar-refractivity contribution in [1.29, 1.82) is 0 Å². The molecule has 1 aliphatic carbocycles. The van der Waals surface area contributed by atoms with E-state index in [-0.39, 0.29) is 29.4 Å². The average Bonchev–Trinajstić information content (AvgIpc) is 3.18. The predicted octanol–water partition coefficient (Wildman–Crippen LogP) is 4.22. The van der Waals surface area contributed by atoms with E-state index >= 15 is 0 Å². The van der Waals surface area contributed by atoms with Crippen LogP contribution in [0.1, 0.15) is 41.8 Å². The molecule has 3 amide bonds. The molecule has 2 aromatic heterocycles. The molecule has 2 heterocycles. The fraction of sp³-hybridized carbons (Fsp3) is 0.360. The highest BCUT2D eigenvalue weighted by Crippen LogP contribution is 2.34. The highest BCUT2D eigenvalue weighted by atomic mass is 16.3. The van der Waals surface area contributed by atoms with E-state index in [0.29, 0.717) is 48.0 Å². The van der Waals surface area contributed by atoms with Crippen LogP contribution in [0.4, 0.5) is 11.4 Å². The molecular weight excluding hydrogens is 420 g/mol. The Kier molecular flexibility index (Phi) is 6.44. The Labute approximate surface area is 192 Å². The number of aryl methyl sites for hydroxylation is 1. The maximum atomic E-state index is 13.1. The van der Waals surface area contributed by atoms with Gasteiger partial charge in [0.2, 0.25) is 17.6 Å². The van der Waals surface area contributed by atoms with Gasteiger partial charge in [0, 0.05) is 44.0 Å². The fourth-order valence-electron chi connectivity index (χ4n) is 4.24. The molecule has 0 radical (unpaired) electrons. The highest BCUT2D eigenvalue weighted by Gasteiger charge is 2.32. The van der Waals surface area contributed by atoms with Crippen LogP contribution < -0.4 is 10.6 Å². The van der Waals surface area contributed by atoms with Crippen molar-refractivity contribution in [3.8, 4) is 0 Å². The molecule has 8 nitrogen and oxygen atoms in total. The van der Waals surface area contributed by atoms with Crippen molar-refractivity contribution in [3.05, 3.63) is 54.0 Å². The number of rotatable bonds is 5. The number of carbonyl (C=O) groups excluding carboxylic acids is 3. The van der Waals surface area contributed by atoms with Crippen LogP contribution >= 0.6 is 0 Å². The van der Waals surface area contributed by atoms with E-state index in [0.717, 1.165) is 5.56 Å². The zero-order valence-electron chi connectivity index (χ0n) is 19.1. The second kappa shape index (κ2) is 9.44. The molecule has 1 saturated carbocycles. The van der Waals surface area contributed by atoms with E-state index in [2.05, 4.69) is 15.6 Å². The smallest absolute Gasteiger partial charge is 0.293 e. The average molecular weight is 449 g/mol. The largest absolute Gasteiger partial charge is 0.448 e. The van der Waals surface area contributed by atoms with Crippen LogP contribution in [-0.4, -0.2) is 41.7 Å². The van der Waals surface area contributed by atoms with Crippen molar-refractivity contribution in [3.63, 3.8) is 0 Å². The van der Waals surface area contributed by atoms with Gasteiger partial charge >= 0.3 is 0 Å². The van der Waals surface area contributed by atoms with Gasteiger partial charge in [-0.15, -0.1) is 0 Å². The topological polar surface area (TPSA) is 105 Å². The van der Waals surface area contributed by atoms with Gasteiger partial charge in [0.15, 0.2) is 0 Å². The van der Waals surface area contributed by atoms with Gasteiger partial charge in [-0.1, -0.05) is 17.7 Å². The molecule has 1 fully saturated rings. The second-order valence-corrected chi connectivity index (χ2v) is 8.77.